The second kappa shape index (κ2) is 7.73. The van der Waals surface area contributed by atoms with Crippen molar-refractivity contribution >= 4 is 29.3 Å². The molecule has 1 saturated carbocycles. The van der Waals surface area contributed by atoms with Gasteiger partial charge in [0.25, 0.3) is 0 Å². The van der Waals surface area contributed by atoms with Crippen LogP contribution in [0.5, 0.6) is 0 Å². The molecule has 150 valence electrons. The maximum absolute atomic E-state index is 12.9. The summed E-state index contributed by atoms with van der Waals surface area (Å²) in [5.74, 6) is -0.925. The van der Waals surface area contributed by atoms with Gasteiger partial charge in [0, 0.05) is 13.3 Å². The highest BCUT2D eigenvalue weighted by molar-refractivity contribution is 6.08. The van der Waals surface area contributed by atoms with Gasteiger partial charge in [-0.3, -0.25) is 19.4 Å². The predicted octanol–water partition coefficient (Wildman–Crippen LogP) is 3.08. The smallest absolute Gasteiger partial charge is 0.325 e. The third-order valence-electron chi connectivity index (χ3n) is 5.46. The van der Waals surface area contributed by atoms with Crippen molar-refractivity contribution < 1.29 is 23.9 Å². The fourth-order valence-corrected chi connectivity index (χ4v) is 3.52. The summed E-state index contributed by atoms with van der Waals surface area (Å²) >= 11 is 0. The number of esters is 2. The molecule has 3 rings (SSSR count). The van der Waals surface area contributed by atoms with E-state index in [9.17, 15) is 14.4 Å². The van der Waals surface area contributed by atoms with Crippen LogP contribution in [0.2, 0.25) is 0 Å². The number of ketones is 1. The minimum absolute atomic E-state index is 0.0302. The molecule has 0 saturated heterocycles. The molecule has 2 aliphatic rings. The molecule has 0 radical (unpaired) electrons. The molecule has 0 spiro atoms. The maximum atomic E-state index is 12.9. The van der Waals surface area contributed by atoms with E-state index in [0.717, 1.165) is 18.5 Å². The first kappa shape index (κ1) is 20.0. The van der Waals surface area contributed by atoms with Crippen LogP contribution in [0.15, 0.2) is 35.4 Å². The summed E-state index contributed by atoms with van der Waals surface area (Å²) in [6.45, 7) is 5.22. The van der Waals surface area contributed by atoms with E-state index in [1.165, 1.54) is 6.92 Å². The largest absolute Gasteiger partial charge is 0.465 e. The summed E-state index contributed by atoms with van der Waals surface area (Å²) in [4.78, 5) is 36.6. The molecule has 1 aromatic carbocycles. The Kier molecular flexibility index (Phi) is 5.54. The van der Waals surface area contributed by atoms with Crippen LogP contribution in [0.3, 0.4) is 0 Å². The van der Waals surface area contributed by atoms with Crippen LogP contribution in [-0.4, -0.2) is 36.8 Å². The van der Waals surface area contributed by atoms with Crippen molar-refractivity contribution in [1.29, 1.82) is 0 Å². The lowest BCUT2D eigenvalue weighted by Gasteiger charge is -2.31. The van der Waals surface area contributed by atoms with Crippen molar-refractivity contribution in [2.45, 2.75) is 46.5 Å². The van der Waals surface area contributed by atoms with Crippen molar-refractivity contribution in [3.05, 3.63) is 30.3 Å². The van der Waals surface area contributed by atoms with E-state index in [2.05, 4.69) is 5.10 Å². The Bertz CT molecular complexity index is 806. The fourth-order valence-electron chi connectivity index (χ4n) is 3.52. The number of rotatable bonds is 4. The van der Waals surface area contributed by atoms with Gasteiger partial charge in [-0.1, -0.05) is 24.6 Å². The van der Waals surface area contributed by atoms with E-state index >= 15 is 0 Å². The number of Topliss-reactive ketones (excluding diaryl/α,β-unsaturated/α-hetero) is 1. The van der Waals surface area contributed by atoms with Crippen molar-refractivity contribution in [1.82, 2.24) is 0 Å². The molecular weight excluding hydrogens is 360 g/mol. The van der Waals surface area contributed by atoms with E-state index < -0.39 is 22.8 Å². The number of carbonyl (C=O) groups excluding carboxylic acids is 3. The van der Waals surface area contributed by atoms with Gasteiger partial charge in [-0.05, 0) is 38.8 Å². The highest BCUT2D eigenvalue weighted by Gasteiger charge is 2.48. The quantitative estimate of drug-likeness (QED) is 0.584. The number of hydrazone groups is 1. The summed E-state index contributed by atoms with van der Waals surface area (Å²) in [7, 11) is 0. The number of para-hydroxylation sites is 1. The van der Waals surface area contributed by atoms with Gasteiger partial charge in [0.15, 0.2) is 0 Å². The van der Waals surface area contributed by atoms with E-state index in [-0.39, 0.29) is 18.3 Å². The first-order valence-electron chi connectivity index (χ1n) is 9.55. The molecule has 2 atom stereocenters. The number of hydrogen-bond acceptors (Lipinski definition) is 7. The lowest BCUT2D eigenvalue weighted by Crippen LogP contribution is -2.44. The zero-order valence-electron chi connectivity index (χ0n) is 16.6. The highest BCUT2D eigenvalue weighted by atomic mass is 16.6. The summed E-state index contributed by atoms with van der Waals surface area (Å²) in [6.07, 6.45) is 2.47. The van der Waals surface area contributed by atoms with Crippen molar-refractivity contribution in [3.63, 3.8) is 0 Å². The van der Waals surface area contributed by atoms with Crippen LogP contribution in [0.25, 0.3) is 0 Å². The van der Waals surface area contributed by atoms with Crippen molar-refractivity contribution in [2.75, 3.05) is 18.2 Å². The van der Waals surface area contributed by atoms with Gasteiger partial charge in [-0.2, -0.15) is 0 Å². The minimum atomic E-state index is -1.15. The molecule has 1 aliphatic heterocycles. The van der Waals surface area contributed by atoms with Gasteiger partial charge >= 0.3 is 11.9 Å². The van der Waals surface area contributed by atoms with Gasteiger partial charge in [-0.25, -0.2) is 0 Å². The van der Waals surface area contributed by atoms with E-state index in [1.54, 1.807) is 11.9 Å². The Morgan fingerprint density at radius 3 is 2.54 bits per heavy atom. The first-order valence-corrected chi connectivity index (χ1v) is 9.55. The second-order valence-corrected chi connectivity index (χ2v) is 7.99. The molecule has 1 aliphatic carbocycles. The van der Waals surface area contributed by atoms with Gasteiger partial charge < -0.3 is 9.47 Å². The maximum Gasteiger partial charge on any atom is 0.325 e. The fraction of sp³-hybridized carbons (Fsp3) is 0.524. The van der Waals surface area contributed by atoms with Crippen LogP contribution in [0.1, 0.15) is 46.5 Å². The summed E-state index contributed by atoms with van der Waals surface area (Å²) in [5, 5.41) is 6.20. The van der Waals surface area contributed by atoms with Crippen LogP contribution in [-0.2, 0) is 23.9 Å². The first-order chi connectivity index (χ1) is 13.2. The Morgan fingerprint density at radius 1 is 1.18 bits per heavy atom. The van der Waals surface area contributed by atoms with E-state index in [0.29, 0.717) is 19.4 Å². The summed E-state index contributed by atoms with van der Waals surface area (Å²) < 4.78 is 10.9. The van der Waals surface area contributed by atoms with Crippen molar-refractivity contribution in [2.24, 2.45) is 15.9 Å². The Hall–Kier alpha value is -2.70. The Balaban J connectivity index is 1.85. The molecule has 7 nitrogen and oxygen atoms in total. The standard InChI is InChI=1S/C21H26N2O5/c1-15(24)27-14-20(2)13-23(16-9-5-4-6-10-16)22-18(20)28-19(26)21(3)12-8-7-11-17(21)25/h4-6,9-10H,7-8,11-14H2,1-3H3. The number of ether oxygens (including phenoxy) is 2. The zero-order chi connectivity index (χ0) is 20.4. The third kappa shape index (κ3) is 3.93. The highest BCUT2D eigenvalue weighted by Crippen LogP contribution is 2.37. The Labute approximate surface area is 164 Å². The van der Waals surface area contributed by atoms with Crippen LogP contribution in [0.4, 0.5) is 5.69 Å². The molecule has 7 heteroatoms. The second-order valence-electron chi connectivity index (χ2n) is 7.99. The molecule has 0 amide bonds. The van der Waals surface area contributed by atoms with Gasteiger partial charge in [-0.15, -0.1) is 5.10 Å². The van der Waals surface area contributed by atoms with Gasteiger partial charge in [0.05, 0.1) is 17.6 Å². The average molecular weight is 386 g/mol. The molecule has 0 bridgehead atoms. The molecule has 0 aromatic heterocycles. The zero-order valence-corrected chi connectivity index (χ0v) is 16.6. The molecule has 28 heavy (non-hydrogen) atoms. The minimum Gasteiger partial charge on any atom is -0.465 e. The molecule has 2 unspecified atom stereocenters. The lowest BCUT2D eigenvalue weighted by molar-refractivity contribution is -0.155. The van der Waals surface area contributed by atoms with Gasteiger partial charge in [0.2, 0.25) is 5.90 Å². The van der Waals surface area contributed by atoms with Crippen molar-refractivity contribution in [3.8, 4) is 0 Å². The topological polar surface area (TPSA) is 85.3 Å². The number of carbonyl (C=O) groups is 3. The summed E-state index contributed by atoms with van der Waals surface area (Å²) in [6, 6.07) is 9.47. The lowest BCUT2D eigenvalue weighted by atomic mass is 9.74. The molecular formula is C21H26N2O5. The number of benzene rings is 1. The molecule has 1 heterocycles. The number of anilines is 1. The third-order valence-corrected chi connectivity index (χ3v) is 5.46. The SMILES string of the molecule is CC(=O)OCC1(C)CN(c2ccccc2)N=C1OC(=O)C1(C)CCCCC1=O. The monoisotopic (exact) mass is 386 g/mol. The summed E-state index contributed by atoms with van der Waals surface area (Å²) in [5.41, 5.74) is -1.11. The normalized spacial score (nSPS) is 27.3. The van der Waals surface area contributed by atoms with E-state index in [1.807, 2.05) is 37.3 Å². The number of nitrogens with zero attached hydrogens (tertiary/aromatic N) is 2. The predicted molar refractivity (Wildman–Crippen MR) is 104 cm³/mol. The van der Waals surface area contributed by atoms with Crippen LogP contribution < -0.4 is 5.01 Å². The molecule has 0 N–H and O–H groups in total. The number of hydrogen-bond donors (Lipinski definition) is 0. The van der Waals surface area contributed by atoms with Crippen LogP contribution in [0, 0.1) is 10.8 Å². The van der Waals surface area contributed by atoms with E-state index in [4.69, 9.17) is 9.47 Å². The van der Waals surface area contributed by atoms with Gasteiger partial charge in [0.1, 0.15) is 17.8 Å². The average Bonchev–Trinajstić information content (AvgIpc) is 3.00. The van der Waals surface area contributed by atoms with Crippen LogP contribution >= 0.6 is 0 Å². The molecule has 1 fully saturated rings. The molecule has 1 aromatic rings. The Morgan fingerprint density at radius 2 is 1.89 bits per heavy atom.